The quantitative estimate of drug-likeness (QED) is 0.824. The zero-order valence-electron chi connectivity index (χ0n) is 11.1. The maximum absolute atomic E-state index is 11.7. The molecule has 1 aromatic carbocycles. The first kappa shape index (κ1) is 13.7. The number of H-pyrrole nitrogens is 1. The van der Waals surface area contributed by atoms with Gasteiger partial charge in [-0.1, -0.05) is 17.7 Å². The number of nitrogens with zero attached hydrogens (tertiary/aromatic N) is 1. The summed E-state index contributed by atoms with van der Waals surface area (Å²) in [5, 5.41) is 9.50. The maximum atomic E-state index is 11.7. The normalized spacial score (nSPS) is 10.4. The second kappa shape index (κ2) is 6.43. The molecular formula is C14H17N3OS. The molecule has 19 heavy (non-hydrogen) atoms. The standard InChI is InChI=1S/C14H17N3OS/c1-10-3-4-11(2)13(7-10)19-9-14(18)15-8-12-5-6-16-17-12/h3-7H,8-9H2,1-2H3,(H,15,18)(H,16,17). The number of carbonyl (C=O) groups excluding carboxylic acids is 1. The van der Waals surface area contributed by atoms with E-state index in [0.29, 0.717) is 12.3 Å². The van der Waals surface area contributed by atoms with Gasteiger partial charge in [-0.2, -0.15) is 5.10 Å². The van der Waals surface area contributed by atoms with Crippen molar-refractivity contribution in [1.29, 1.82) is 0 Å². The van der Waals surface area contributed by atoms with E-state index in [1.807, 2.05) is 6.07 Å². The van der Waals surface area contributed by atoms with Crippen LogP contribution in [0.5, 0.6) is 0 Å². The number of hydrogen-bond donors (Lipinski definition) is 2. The summed E-state index contributed by atoms with van der Waals surface area (Å²) in [5.74, 6) is 0.457. The number of amides is 1. The molecule has 2 aromatic rings. The predicted octanol–water partition coefficient (Wildman–Crippen LogP) is 2.44. The van der Waals surface area contributed by atoms with Gasteiger partial charge >= 0.3 is 0 Å². The summed E-state index contributed by atoms with van der Waals surface area (Å²) in [5.41, 5.74) is 3.33. The van der Waals surface area contributed by atoms with E-state index >= 15 is 0 Å². The first-order valence-electron chi connectivity index (χ1n) is 6.10. The number of rotatable bonds is 5. The Kier molecular flexibility index (Phi) is 4.63. The molecule has 100 valence electrons. The molecule has 1 heterocycles. The minimum Gasteiger partial charge on any atom is -0.350 e. The second-order valence-electron chi connectivity index (χ2n) is 4.42. The van der Waals surface area contributed by atoms with Gasteiger partial charge in [-0.05, 0) is 31.5 Å². The molecule has 2 N–H and O–H groups in total. The summed E-state index contributed by atoms with van der Waals surface area (Å²) in [4.78, 5) is 12.9. The smallest absolute Gasteiger partial charge is 0.230 e. The van der Waals surface area contributed by atoms with Crippen molar-refractivity contribution in [2.75, 3.05) is 5.75 Å². The Morgan fingerprint density at radius 2 is 2.21 bits per heavy atom. The minimum atomic E-state index is 0.0282. The van der Waals surface area contributed by atoms with Gasteiger partial charge in [0.15, 0.2) is 0 Å². The summed E-state index contributed by atoms with van der Waals surface area (Å²) >= 11 is 1.57. The fraction of sp³-hybridized carbons (Fsp3) is 0.286. The van der Waals surface area contributed by atoms with Crippen molar-refractivity contribution in [2.45, 2.75) is 25.3 Å². The third kappa shape index (κ3) is 4.13. The number of thioether (sulfide) groups is 1. The van der Waals surface area contributed by atoms with Crippen LogP contribution in [0.4, 0.5) is 0 Å². The van der Waals surface area contributed by atoms with Crippen LogP contribution in [-0.2, 0) is 11.3 Å². The lowest BCUT2D eigenvalue weighted by Crippen LogP contribution is -2.24. The van der Waals surface area contributed by atoms with Gasteiger partial charge in [0.05, 0.1) is 18.0 Å². The summed E-state index contributed by atoms with van der Waals surface area (Å²) in [6, 6.07) is 8.12. The average Bonchev–Trinajstić information content (AvgIpc) is 2.90. The SMILES string of the molecule is Cc1ccc(C)c(SCC(=O)NCc2ccn[nH]2)c1. The van der Waals surface area contributed by atoms with Gasteiger partial charge in [-0.25, -0.2) is 0 Å². The molecule has 1 aromatic heterocycles. The van der Waals surface area contributed by atoms with E-state index in [1.54, 1.807) is 18.0 Å². The number of hydrogen-bond acceptors (Lipinski definition) is 3. The van der Waals surface area contributed by atoms with Crippen molar-refractivity contribution >= 4 is 17.7 Å². The molecule has 2 rings (SSSR count). The van der Waals surface area contributed by atoms with Crippen LogP contribution in [0, 0.1) is 13.8 Å². The van der Waals surface area contributed by atoms with Crippen molar-refractivity contribution in [3.8, 4) is 0 Å². The van der Waals surface area contributed by atoms with Gasteiger partial charge in [0, 0.05) is 11.1 Å². The van der Waals surface area contributed by atoms with Gasteiger partial charge in [-0.3, -0.25) is 9.89 Å². The molecule has 0 unspecified atom stereocenters. The highest BCUT2D eigenvalue weighted by Crippen LogP contribution is 2.23. The van der Waals surface area contributed by atoms with Gasteiger partial charge in [0.2, 0.25) is 5.91 Å². The Morgan fingerprint density at radius 3 is 2.95 bits per heavy atom. The summed E-state index contributed by atoms with van der Waals surface area (Å²) < 4.78 is 0. The van der Waals surface area contributed by atoms with Crippen LogP contribution >= 0.6 is 11.8 Å². The average molecular weight is 275 g/mol. The summed E-state index contributed by atoms with van der Waals surface area (Å²) in [6.07, 6.45) is 1.67. The van der Waals surface area contributed by atoms with E-state index in [2.05, 4.69) is 47.6 Å². The van der Waals surface area contributed by atoms with E-state index in [1.165, 1.54) is 11.1 Å². The van der Waals surface area contributed by atoms with Crippen LogP contribution in [0.1, 0.15) is 16.8 Å². The van der Waals surface area contributed by atoms with Crippen molar-refractivity contribution in [1.82, 2.24) is 15.5 Å². The van der Waals surface area contributed by atoms with Gasteiger partial charge < -0.3 is 5.32 Å². The number of aryl methyl sites for hydroxylation is 2. The maximum Gasteiger partial charge on any atom is 0.230 e. The molecular weight excluding hydrogens is 258 g/mol. The number of aromatic amines is 1. The summed E-state index contributed by atoms with van der Waals surface area (Å²) in [6.45, 7) is 4.61. The molecule has 0 aliphatic heterocycles. The number of nitrogens with one attached hydrogen (secondary N) is 2. The Morgan fingerprint density at radius 1 is 1.37 bits per heavy atom. The number of benzene rings is 1. The second-order valence-corrected chi connectivity index (χ2v) is 5.43. The molecule has 0 radical (unpaired) electrons. The van der Waals surface area contributed by atoms with E-state index in [4.69, 9.17) is 0 Å². The lowest BCUT2D eigenvalue weighted by Gasteiger charge is -2.07. The lowest BCUT2D eigenvalue weighted by atomic mass is 10.2. The Hall–Kier alpha value is -1.75. The molecule has 0 saturated heterocycles. The first-order chi connectivity index (χ1) is 9.15. The van der Waals surface area contributed by atoms with Crippen LogP contribution in [0.2, 0.25) is 0 Å². The molecule has 4 nitrogen and oxygen atoms in total. The zero-order valence-corrected chi connectivity index (χ0v) is 11.9. The van der Waals surface area contributed by atoms with Gasteiger partial charge in [0.25, 0.3) is 0 Å². The third-order valence-corrected chi connectivity index (χ3v) is 3.89. The molecule has 0 spiro atoms. The molecule has 0 bridgehead atoms. The zero-order chi connectivity index (χ0) is 13.7. The van der Waals surface area contributed by atoms with E-state index in [9.17, 15) is 4.79 Å². The van der Waals surface area contributed by atoms with Crippen molar-refractivity contribution in [3.05, 3.63) is 47.3 Å². The fourth-order valence-electron chi connectivity index (χ4n) is 1.63. The highest BCUT2D eigenvalue weighted by Gasteiger charge is 2.05. The van der Waals surface area contributed by atoms with Crippen LogP contribution in [0.25, 0.3) is 0 Å². The van der Waals surface area contributed by atoms with E-state index in [0.717, 1.165) is 10.6 Å². The van der Waals surface area contributed by atoms with Crippen LogP contribution in [0.3, 0.4) is 0 Å². The Bertz CT molecular complexity index is 552. The molecule has 0 aliphatic rings. The highest BCUT2D eigenvalue weighted by atomic mass is 32.2. The minimum absolute atomic E-state index is 0.0282. The van der Waals surface area contributed by atoms with Gasteiger partial charge in [-0.15, -0.1) is 11.8 Å². The third-order valence-electron chi connectivity index (χ3n) is 2.74. The van der Waals surface area contributed by atoms with Crippen LogP contribution < -0.4 is 5.32 Å². The monoisotopic (exact) mass is 275 g/mol. The van der Waals surface area contributed by atoms with E-state index in [-0.39, 0.29) is 5.91 Å². The van der Waals surface area contributed by atoms with Gasteiger partial charge in [0.1, 0.15) is 0 Å². The number of aromatic nitrogens is 2. The van der Waals surface area contributed by atoms with E-state index < -0.39 is 0 Å². The molecule has 0 atom stereocenters. The lowest BCUT2D eigenvalue weighted by molar-refractivity contribution is -0.118. The van der Waals surface area contributed by atoms with Crippen molar-refractivity contribution in [3.63, 3.8) is 0 Å². The largest absolute Gasteiger partial charge is 0.350 e. The topological polar surface area (TPSA) is 57.8 Å². The van der Waals surface area contributed by atoms with Crippen LogP contribution in [0.15, 0.2) is 35.4 Å². The number of carbonyl (C=O) groups is 1. The molecule has 0 aliphatic carbocycles. The molecule has 0 fully saturated rings. The highest BCUT2D eigenvalue weighted by molar-refractivity contribution is 8.00. The molecule has 1 amide bonds. The van der Waals surface area contributed by atoms with Crippen molar-refractivity contribution < 1.29 is 4.79 Å². The fourth-order valence-corrected chi connectivity index (χ4v) is 2.59. The van der Waals surface area contributed by atoms with Crippen molar-refractivity contribution in [2.24, 2.45) is 0 Å². The Balaban J connectivity index is 1.81. The first-order valence-corrected chi connectivity index (χ1v) is 7.09. The predicted molar refractivity (Wildman–Crippen MR) is 77.1 cm³/mol. The van der Waals surface area contributed by atoms with Crippen LogP contribution in [-0.4, -0.2) is 21.9 Å². The Labute approximate surface area is 117 Å². The molecule has 5 heteroatoms. The summed E-state index contributed by atoms with van der Waals surface area (Å²) in [7, 11) is 0. The molecule has 0 saturated carbocycles.